The Morgan fingerprint density at radius 2 is 1.87 bits per heavy atom. The van der Waals surface area contributed by atoms with Gasteiger partial charge in [0.05, 0.1) is 11.5 Å². The van der Waals surface area contributed by atoms with E-state index < -0.39 is 0 Å². The van der Waals surface area contributed by atoms with Crippen molar-refractivity contribution in [2.45, 2.75) is 39.5 Å². The first kappa shape index (κ1) is 14.8. The van der Waals surface area contributed by atoms with E-state index in [-0.39, 0.29) is 5.41 Å². The van der Waals surface area contributed by atoms with Gasteiger partial charge in [0.15, 0.2) is 0 Å². The molecule has 0 aliphatic rings. The summed E-state index contributed by atoms with van der Waals surface area (Å²) in [6.07, 6.45) is 4.55. The van der Waals surface area contributed by atoms with Crippen molar-refractivity contribution < 1.29 is 4.74 Å². The molecule has 3 heteroatoms. The van der Waals surface area contributed by atoms with Crippen molar-refractivity contribution in [3.63, 3.8) is 0 Å². The second-order valence-corrected chi connectivity index (χ2v) is 5.64. The molecule has 0 aromatic carbocycles. The maximum absolute atomic E-state index is 8.82. The van der Waals surface area contributed by atoms with Crippen LogP contribution in [0.5, 0.6) is 0 Å². The average molecular weight is 229 g/mol. The Bertz CT molecular complexity index is 187. The van der Waals surface area contributed by atoms with Gasteiger partial charge in [-0.1, -0.05) is 6.42 Å². The molecule has 0 N–H and O–H groups in total. The Balaban J connectivity index is 3.16. The number of unbranched alkanes of at least 4 members (excludes halogenated alkanes) is 1. The number of hydrogen-bond acceptors (Lipinski definition) is 3. The van der Waals surface area contributed by atoms with Gasteiger partial charge in [-0.15, -0.1) is 0 Å². The van der Waals surface area contributed by atoms with Gasteiger partial charge >= 0.3 is 0 Å². The number of ether oxygens (including phenoxy) is 1. The summed E-state index contributed by atoms with van der Waals surface area (Å²) in [7, 11) is 1.74. The molecule has 0 radical (unpaired) electrons. The first-order chi connectivity index (χ1) is 7.12. The van der Waals surface area contributed by atoms with E-state index in [0.717, 1.165) is 25.9 Å². The molecule has 0 spiro atoms. The van der Waals surface area contributed by atoms with Crippen LogP contribution in [0.15, 0.2) is 0 Å². The van der Waals surface area contributed by atoms with Crippen LogP contribution in [0.4, 0.5) is 0 Å². The van der Waals surface area contributed by atoms with Gasteiger partial charge in [0.25, 0.3) is 0 Å². The van der Waals surface area contributed by atoms with E-state index in [9.17, 15) is 0 Å². The first-order valence-electron chi connectivity index (χ1n) is 5.60. The van der Waals surface area contributed by atoms with Gasteiger partial charge in [0, 0.05) is 13.7 Å². The predicted molar refractivity (Wildman–Crippen MR) is 67.1 cm³/mol. The molecule has 0 amide bonds. The minimum absolute atomic E-state index is 0.138. The summed E-state index contributed by atoms with van der Waals surface area (Å²) in [5, 5.41) is 8.82. The Kier molecular flexibility index (Phi) is 8.94. The lowest BCUT2D eigenvalue weighted by molar-refractivity contribution is 0.200. The van der Waals surface area contributed by atoms with Crippen molar-refractivity contribution in [1.82, 2.24) is 0 Å². The Morgan fingerprint density at radius 1 is 1.20 bits per heavy atom. The molecule has 0 aromatic heterocycles. The third-order valence-electron chi connectivity index (χ3n) is 2.28. The Morgan fingerprint density at radius 3 is 2.47 bits per heavy atom. The van der Waals surface area contributed by atoms with Crippen LogP contribution >= 0.6 is 11.8 Å². The lowest BCUT2D eigenvalue weighted by atomic mass is 9.89. The molecule has 0 rings (SSSR count). The van der Waals surface area contributed by atoms with Crippen molar-refractivity contribution in [2.75, 3.05) is 25.2 Å². The van der Waals surface area contributed by atoms with Crippen molar-refractivity contribution in [1.29, 1.82) is 5.26 Å². The van der Waals surface area contributed by atoms with Gasteiger partial charge < -0.3 is 4.74 Å². The fraction of sp³-hybridized carbons (Fsp3) is 0.917. The summed E-state index contributed by atoms with van der Waals surface area (Å²) < 4.78 is 4.98. The quantitative estimate of drug-likeness (QED) is 0.567. The molecule has 0 bridgehead atoms. The molecule has 0 saturated carbocycles. The third-order valence-corrected chi connectivity index (χ3v) is 3.43. The Hall–Kier alpha value is -0.200. The van der Waals surface area contributed by atoms with E-state index in [1.54, 1.807) is 7.11 Å². The van der Waals surface area contributed by atoms with Gasteiger partial charge in [-0.25, -0.2) is 0 Å². The van der Waals surface area contributed by atoms with Crippen LogP contribution in [0.25, 0.3) is 0 Å². The van der Waals surface area contributed by atoms with Crippen molar-refractivity contribution in [3.8, 4) is 6.07 Å². The maximum Gasteiger partial charge on any atom is 0.0683 e. The highest BCUT2D eigenvalue weighted by molar-refractivity contribution is 7.99. The summed E-state index contributed by atoms with van der Waals surface area (Å²) in [5.74, 6) is 2.40. The first-order valence-corrected chi connectivity index (χ1v) is 6.76. The highest BCUT2D eigenvalue weighted by Gasteiger charge is 2.15. The van der Waals surface area contributed by atoms with Crippen LogP contribution in [0.1, 0.15) is 39.5 Å². The summed E-state index contributed by atoms with van der Waals surface area (Å²) in [6.45, 7) is 4.89. The van der Waals surface area contributed by atoms with Crippen molar-refractivity contribution in [3.05, 3.63) is 0 Å². The predicted octanol–water partition coefficient (Wildman–Crippen LogP) is 3.48. The molecular formula is C12H23NOS. The molecule has 0 aromatic rings. The van der Waals surface area contributed by atoms with E-state index >= 15 is 0 Å². The van der Waals surface area contributed by atoms with Gasteiger partial charge in [0.1, 0.15) is 0 Å². The van der Waals surface area contributed by atoms with E-state index in [2.05, 4.69) is 6.07 Å². The highest BCUT2D eigenvalue weighted by atomic mass is 32.2. The third kappa shape index (κ3) is 10.1. The standard InChI is InChI=1S/C12H23NOS/c1-12(2,11-13)7-4-5-9-15-10-6-8-14-3/h4-10H2,1-3H3. The fourth-order valence-electron chi connectivity index (χ4n) is 1.23. The molecule has 0 aliphatic heterocycles. The monoisotopic (exact) mass is 229 g/mol. The van der Waals surface area contributed by atoms with Crippen LogP contribution < -0.4 is 0 Å². The minimum atomic E-state index is -0.138. The lowest BCUT2D eigenvalue weighted by Gasteiger charge is -2.13. The Labute approximate surface area is 98.4 Å². The normalized spacial score (nSPS) is 11.3. The molecule has 0 atom stereocenters. The zero-order valence-corrected chi connectivity index (χ0v) is 11.0. The second kappa shape index (κ2) is 9.06. The van der Waals surface area contributed by atoms with E-state index in [1.807, 2.05) is 25.6 Å². The van der Waals surface area contributed by atoms with Crippen LogP contribution in [-0.4, -0.2) is 25.2 Å². The van der Waals surface area contributed by atoms with Gasteiger partial charge in [0.2, 0.25) is 0 Å². The van der Waals surface area contributed by atoms with Gasteiger partial charge in [-0.3, -0.25) is 0 Å². The molecular weight excluding hydrogens is 206 g/mol. The van der Waals surface area contributed by atoms with Gasteiger partial charge in [-0.05, 0) is 44.6 Å². The molecule has 15 heavy (non-hydrogen) atoms. The maximum atomic E-state index is 8.82. The van der Waals surface area contributed by atoms with Crippen LogP contribution in [-0.2, 0) is 4.74 Å². The molecule has 0 fully saturated rings. The molecule has 2 nitrogen and oxygen atoms in total. The van der Waals surface area contributed by atoms with Crippen LogP contribution in [0.2, 0.25) is 0 Å². The summed E-state index contributed by atoms with van der Waals surface area (Å²) >= 11 is 1.99. The SMILES string of the molecule is COCCCSCCCCC(C)(C)C#N. The van der Waals surface area contributed by atoms with Gasteiger partial charge in [-0.2, -0.15) is 17.0 Å². The highest BCUT2D eigenvalue weighted by Crippen LogP contribution is 2.22. The van der Waals surface area contributed by atoms with E-state index in [0.29, 0.717) is 0 Å². The molecule has 0 heterocycles. The topological polar surface area (TPSA) is 33.0 Å². The number of nitrogens with zero attached hydrogens (tertiary/aromatic N) is 1. The second-order valence-electron chi connectivity index (χ2n) is 4.41. The molecule has 0 aliphatic carbocycles. The van der Waals surface area contributed by atoms with Crippen LogP contribution in [0.3, 0.4) is 0 Å². The number of methoxy groups -OCH3 is 1. The van der Waals surface area contributed by atoms with E-state index in [1.165, 1.54) is 17.9 Å². The number of hydrogen-bond donors (Lipinski definition) is 0. The average Bonchev–Trinajstić information content (AvgIpc) is 2.22. The zero-order chi connectivity index (χ0) is 11.6. The number of rotatable bonds is 9. The summed E-state index contributed by atoms with van der Waals surface area (Å²) in [6, 6.07) is 2.34. The van der Waals surface area contributed by atoms with E-state index in [4.69, 9.17) is 10.00 Å². The largest absolute Gasteiger partial charge is 0.385 e. The molecule has 0 unspecified atom stereocenters. The summed E-state index contributed by atoms with van der Waals surface area (Å²) in [5.41, 5.74) is -0.138. The smallest absolute Gasteiger partial charge is 0.0683 e. The number of thioether (sulfide) groups is 1. The number of nitriles is 1. The minimum Gasteiger partial charge on any atom is -0.385 e. The zero-order valence-electron chi connectivity index (χ0n) is 10.2. The summed E-state index contributed by atoms with van der Waals surface area (Å²) in [4.78, 5) is 0. The fourth-order valence-corrected chi connectivity index (χ4v) is 2.17. The van der Waals surface area contributed by atoms with Crippen LogP contribution in [0, 0.1) is 16.7 Å². The van der Waals surface area contributed by atoms with Crippen molar-refractivity contribution in [2.24, 2.45) is 5.41 Å². The lowest BCUT2D eigenvalue weighted by Crippen LogP contribution is -2.07. The van der Waals surface area contributed by atoms with Crippen molar-refractivity contribution >= 4 is 11.8 Å². The molecule has 0 saturated heterocycles. The molecule has 88 valence electrons.